The first kappa shape index (κ1) is 18.3. The Bertz CT molecular complexity index is 695. The largest absolute Gasteiger partial charge is 0.478 e. The number of carboxylic acids is 1. The van der Waals surface area contributed by atoms with Crippen molar-refractivity contribution in [2.24, 2.45) is 5.92 Å². The second-order valence-electron chi connectivity index (χ2n) is 7.92. The van der Waals surface area contributed by atoms with Gasteiger partial charge in [-0.15, -0.1) is 0 Å². The Kier molecular flexibility index (Phi) is 4.89. The molecule has 0 unspecified atom stereocenters. The minimum Gasteiger partial charge on any atom is -0.478 e. The standard InChI is InChI=1S/C22H28O2/c1-15(14-19(23)24)10-9-11-16(2)20-21(3,4)17-12-7-8-13-18(17)22(20,5)6/h7-14,20H,1-6H3,(H,23,24). The van der Waals surface area contributed by atoms with Crippen LogP contribution in [0, 0.1) is 5.92 Å². The molecule has 0 heterocycles. The molecule has 0 saturated carbocycles. The predicted molar refractivity (Wildman–Crippen MR) is 100 cm³/mol. The molecule has 0 bridgehead atoms. The zero-order valence-corrected chi connectivity index (χ0v) is 15.6. The van der Waals surface area contributed by atoms with Crippen molar-refractivity contribution < 1.29 is 9.90 Å². The highest BCUT2D eigenvalue weighted by molar-refractivity contribution is 5.81. The highest BCUT2D eigenvalue weighted by Gasteiger charge is 2.51. The molecule has 0 aromatic heterocycles. The average Bonchev–Trinajstić information content (AvgIpc) is 2.61. The molecule has 1 N–H and O–H groups in total. The van der Waals surface area contributed by atoms with Crippen molar-refractivity contribution in [2.75, 3.05) is 0 Å². The summed E-state index contributed by atoms with van der Waals surface area (Å²) in [5, 5.41) is 8.78. The maximum Gasteiger partial charge on any atom is 0.328 e. The smallest absolute Gasteiger partial charge is 0.328 e. The summed E-state index contributed by atoms with van der Waals surface area (Å²) in [6.07, 6.45) is 7.15. The molecule has 0 radical (unpaired) electrons. The Morgan fingerprint density at radius 3 is 2.00 bits per heavy atom. The lowest BCUT2D eigenvalue weighted by molar-refractivity contribution is -0.131. The van der Waals surface area contributed by atoms with Gasteiger partial charge in [0, 0.05) is 6.08 Å². The molecule has 0 fully saturated rings. The normalized spacial score (nSPS) is 20.4. The van der Waals surface area contributed by atoms with Crippen LogP contribution in [0.5, 0.6) is 0 Å². The van der Waals surface area contributed by atoms with E-state index in [2.05, 4.69) is 65.0 Å². The van der Waals surface area contributed by atoms with Gasteiger partial charge in [0.05, 0.1) is 0 Å². The second kappa shape index (κ2) is 6.43. The van der Waals surface area contributed by atoms with Crippen LogP contribution in [0.4, 0.5) is 0 Å². The van der Waals surface area contributed by atoms with Gasteiger partial charge >= 0.3 is 5.97 Å². The number of fused-ring (bicyclic) bond motifs is 1. The van der Waals surface area contributed by atoms with Gasteiger partial charge in [0.25, 0.3) is 0 Å². The van der Waals surface area contributed by atoms with Crippen LogP contribution in [-0.4, -0.2) is 11.1 Å². The summed E-state index contributed by atoms with van der Waals surface area (Å²) in [7, 11) is 0. The van der Waals surface area contributed by atoms with Crippen LogP contribution in [0.3, 0.4) is 0 Å². The number of carbonyl (C=O) groups is 1. The van der Waals surface area contributed by atoms with Crippen molar-refractivity contribution >= 4 is 5.97 Å². The van der Waals surface area contributed by atoms with Gasteiger partial charge < -0.3 is 5.11 Å². The first-order valence-electron chi connectivity index (χ1n) is 8.44. The van der Waals surface area contributed by atoms with Crippen LogP contribution in [0.1, 0.15) is 52.7 Å². The van der Waals surface area contributed by atoms with Crippen molar-refractivity contribution in [3.05, 3.63) is 70.8 Å². The maximum atomic E-state index is 10.7. The van der Waals surface area contributed by atoms with Crippen LogP contribution in [0.25, 0.3) is 0 Å². The topological polar surface area (TPSA) is 37.3 Å². The lowest BCUT2D eigenvalue weighted by Gasteiger charge is -2.37. The highest BCUT2D eigenvalue weighted by Crippen LogP contribution is 2.56. The van der Waals surface area contributed by atoms with Gasteiger partial charge in [0.15, 0.2) is 0 Å². The van der Waals surface area contributed by atoms with Gasteiger partial charge in [-0.25, -0.2) is 4.79 Å². The Morgan fingerprint density at radius 1 is 1.04 bits per heavy atom. The van der Waals surface area contributed by atoms with Crippen LogP contribution in [0.15, 0.2) is 59.7 Å². The Labute approximate surface area is 145 Å². The van der Waals surface area contributed by atoms with E-state index in [1.807, 2.05) is 12.2 Å². The fraction of sp³-hybridized carbons (Fsp3) is 0.409. The highest BCUT2D eigenvalue weighted by atomic mass is 16.4. The van der Waals surface area contributed by atoms with E-state index in [4.69, 9.17) is 5.11 Å². The molecule has 1 aromatic carbocycles. The third-order valence-electron chi connectivity index (χ3n) is 5.28. The summed E-state index contributed by atoms with van der Waals surface area (Å²) in [5.74, 6) is -0.512. The van der Waals surface area contributed by atoms with E-state index in [0.29, 0.717) is 5.92 Å². The molecule has 0 amide bonds. The van der Waals surface area contributed by atoms with Crippen molar-refractivity contribution in [2.45, 2.75) is 52.4 Å². The predicted octanol–water partition coefficient (Wildman–Crippen LogP) is 5.41. The summed E-state index contributed by atoms with van der Waals surface area (Å²) in [5.41, 5.74) is 5.05. The fourth-order valence-corrected chi connectivity index (χ4v) is 4.65. The van der Waals surface area contributed by atoms with Crippen LogP contribution in [-0.2, 0) is 15.6 Å². The quantitative estimate of drug-likeness (QED) is 0.594. The van der Waals surface area contributed by atoms with Gasteiger partial charge in [0.1, 0.15) is 0 Å². The third kappa shape index (κ3) is 3.24. The van der Waals surface area contributed by atoms with Crippen LogP contribution < -0.4 is 0 Å². The van der Waals surface area contributed by atoms with Gasteiger partial charge in [-0.05, 0) is 47.3 Å². The molecule has 2 rings (SSSR count). The molecule has 1 aliphatic rings. The zero-order valence-electron chi connectivity index (χ0n) is 15.6. The number of hydrogen-bond acceptors (Lipinski definition) is 1. The average molecular weight is 324 g/mol. The Hall–Kier alpha value is -2.09. The first-order chi connectivity index (χ1) is 11.1. The molecule has 24 heavy (non-hydrogen) atoms. The summed E-state index contributed by atoms with van der Waals surface area (Å²) in [6, 6.07) is 8.75. The molecule has 2 nitrogen and oxygen atoms in total. The number of carboxylic acid groups (broad SMARTS) is 1. The summed E-state index contributed by atoms with van der Waals surface area (Å²) >= 11 is 0. The molecule has 2 heteroatoms. The van der Waals surface area contributed by atoms with E-state index in [0.717, 1.165) is 5.57 Å². The van der Waals surface area contributed by atoms with E-state index < -0.39 is 5.97 Å². The van der Waals surface area contributed by atoms with E-state index >= 15 is 0 Å². The summed E-state index contributed by atoms with van der Waals surface area (Å²) in [6.45, 7) is 13.3. The van der Waals surface area contributed by atoms with Crippen LogP contribution in [0.2, 0.25) is 0 Å². The number of allylic oxidation sites excluding steroid dienone is 5. The Morgan fingerprint density at radius 2 is 1.54 bits per heavy atom. The molecule has 0 atom stereocenters. The monoisotopic (exact) mass is 324 g/mol. The van der Waals surface area contributed by atoms with Crippen molar-refractivity contribution in [1.82, 2.24) is 0 Å². The number of rotatable bonds is 4. The van der Waals surface area contributed by atoms with Gasteiger partial charge in [0.2, 0.25) is 0 Å². The minimum atomic E-state index is -0.911. The zero-order chi connectivity index (χ0) is 18.1. The third-order valence-corrected chi connectivity index (χ3v) is 5.28. The molecule has 0 spiro atoms. The van der Waals surface area contributed by atoms with E-state index in [-0.39, 0.29) is 10.8 Å². The lowest BCUT2D eigenvalue weighted by atomic mass is 9.66. The molecule has 0 aliphatic heterocycles. The second-order valence-corrected chi connectivity index (χ2v) is 7.92. The maximum absolute atomic E-state index is 10.7. The molecule has 0 saturated heterocycles. The molecule has 1 aliphatic carbocycles. The number of benzene rings is 1. The summed E-state index contributed by atoms with van der Waals surface area (Å²) in [4.78, 5) is 10.7. The summed E-state index contributed by atoms with van der Waals surface area (Å²) < 4.78 is 0. The number of aliphatic carboxylic acids is 1. The molecular weight excluding hydrogens is 296 g/mol. The van der Waals surface area contributed by atoms with Gasteiger partial charge in [-0.2, -0.15) is 0 Å². The number of hydrogen-bond donors (Lipinski definition) is 1. The molecular formula is C22H28O2. The fourth-order valence-electron chi connectivity index (χ4n) is 4.65. The van der Waals surface area contributed by atoms with Crippen molar-refractivity contribution in [3.63, 3.8) is 0 Å². The minimum absolute atomic E-state index is 0.0699. The Balaban J connectivity index is 2.36. The van der Waals surface area contributed by atoms with E-state index in [9.17, 15) is 4.79 Å². The van der Waals surface area contributed by atoms with Crippen LogP contribution >= 0.6 is 0 Å². The van der Waals surface area contributed by atoms with E-state index in [1.165, 1.54) is 22.8 Å². The van der Waals surface area contributed by atoms with Gasteiger partial charge in [-0.1, -0.05) is 75.8 Å². The lowest BCUT2D eigenvalue weighted by Crippen LogP contribution is -2.34. The molecule has 128 valence electrons. The molecule has 1 aromatic rings. The van der Waals surface area contributed by atoms with Crippen molar-refractivity contribution in [3.8, 4) is 0 Å². The van der Waals surface area contributed by atoms with Crippen molar-refractivity contribution in [1.29, 1.82) is 0 Å². The first-order valence-corrected chi connectivity index (χ1v) is 8.44. The van der Waals surface area contributed by atoms with Gasteiger partial charge in [-0.3, -0.25) is 0 Å². The van der Waals surface area contributed by atoms with E-state index in [1.54, 1.807) is 6.92 Å². The SMILES string of the molecule is CC(C=CC=C(C)C1C(C)(C)c2ccccc2C1(C)C)=CC(=O)O.